The summed E-state index contributed by atoms with van der Waals surface area (Å²) in [4.78, 5) is 7.53. The lowest BCUT2D eigenvalue weighted by Crippen LogP contribution is -2.11. The highest BCUT2D eigenvalue weighted by atomic mass is 79.9. The number of aromatic nitrogens is 2. The quantitative estimate of drug-likeness (QED) is 0.919. The topological polar surface area (TPSA) is 37.8 Å². The Morgan fingerprint density at radius 2 is 2.31 bits per heavy atom. The third-order valence-corrected chi connectivity index (χ3v) is 1.77. The van der Waals surface area contributed by atoms with Gasteiger partial charge in [-0.2, -0.15) is 0 Å². The second-order valence-electron chi connectivity index (χ2n) is 2.10. The van der Waals surface area contributed by atoms with E-state index in [-0.39, 0.29) is 11.0 Å². The van der Waals surface area contributed by atoms with Crippen LogP contribution in [-0.2, 0) is 0 Å². The van der Waals surface area contributed by atoms with Crippen molar-refractivity contribution in [3.8, 4) is 0 Å². The van der Waals surface area contributed by atoms with E-state index in [1.54, 1.807) is 0 Å². The molecule has 0 aromatic carbocycles. The maximum absolute atomic E-state index is 11.8. The van der Waals surface area contributed by atoms with Crippen molar-refractivity contribution in [2.75, 3.05) is 11.9 Å². The van der Waals surface area contributed by atoms with Crippen LogP contribution in [0.5, 0.6) is 0 Å². The third kappa shape index (κ3) is 3.40. The minimum atomic E-state index is -2.44. The van der Waals surface area contributed by atoms with Gasteiger partial charge in [-0.15, -0.1) is 0 Å². The molecule has 3 nitrogen and oxygen atoms in total. The minimum absolute atomic E-state index is 0.0648. The smallest absolute Gasteiger partial charge is 0.255 e. The van der Waals surface area contributed by atoms with Gasteiger partial charge in [0.05, 0.1) is 12.7 Å². The van der Waals surface area contributed by atoms with Crippen molar-refractivity contribution in [3.63, 3.8) is 0 Å². The van der Waals surface area contributed by atoms with Crippen LogP contribution in [-0.4, -0.2) is 22.9 Å². The predicted octanol–water partition coefficient (Wildman–Crippen LogP) is 2.57. The third-order valence-electron chi connectivity index (χ3n) is 1.12. The van der Waals surface area contributed by atoms with Crippen LogP contribution >= 0.6 is 27.5 Å². The van der Waals surface area contributed by atoms with Crippen molar-refractivity contribution in [2.24, 2.45) is 0 Å². The predicted molar refractivity (Wildman–Crippen MR) is 49.2 cm³/mol. The molecule has 0 aliphatic heterocycles. The first-order chi connectivity index (χ1) is 6.09. The van der Waals surface area contributed by atoms with E-state index in [0.717, 1.165) is 0 Å². The van der Waals surface area contributed by atoms with Gasteiger partial charge in [-0.1, -0.05) is 11.6 Å². The second-order valence-corrected chi connectivity index (χ2v) is 3.27. The van der Waals surface area contributed by atoms with E-state index < -0.39 is 13.0 Å². The maximum Gasteiger partial charge on any atom is 0.255 e. The number of hydrogen-bond donors (Lipinski definition) is 1. The van der Waals surface area contributed by atoms with Crippen molar-refractivity contribution in [2.45, 2.75) is 6.43 Å². The van der Waals surface area contributed by atoms with Crippen LogP contribution in [0.3, 0.4) is 0 Å². The highest BCUT2D eigenvalue weighted by Gasteiger charge is 2.06. The van der Waals surface area contributed by atoms with E-state index >= 15 is 0 Å². The van der Waals surface area contributed by atoms with E-state index in [0.29, 0.717) is 4.60 Å². The van der Waals surface area contributed by atoms with Gasteiger partial charge in [0.15, 0.2) is 11.0 Å². The highest BCUT2D eigenvalue weighted by molar-refractivity contribution is 9.10. The second kappa shape index (κ2) is 4.66. The average molecular weight is 272 g/mol. The monoisotopic (exact) mass is 271 g/mol. The summed E-state index contributed by atoms with van der Waals surface area (Å²) in [5, 5.41) is 2.43. The van der Waals surface area contributed by atoms with Gasteiger partial charge in [-0.3, -0.25) is 0 Å². The van der Waals surface area contributed by atoms with Crippen molar-refractivity contribution in [3.05, 3.63) is 16.0 Å². The molecule has 0 unspecified atom stereocenters. The molecule has 0 amide bonds. The lowest BCUT2D eigenvalue weighted by atomic mass is 10.6. The van der Waals surface area contributed by atoms with Gasteiger partial charge in [-0.25, -0.2) is 18.7 Å². The molecule has 0 saturated carbocycles. The molecule has 1 heterocycles. The lowest BCUT2D eigenvalue weighted by molar-refractivity contribution is 0.163. The van der Waals surface area contributed by atoms with Crippen molar-refractivity contribution >= 4 is 33.3 Å². The molecule has 0 aliphatic carbocycles. The number of alkyl halides is 2. The Morgan fingerprint density at radius 1 is 1.62 bits per heavy atom. The molecule has 0 bridgehead atoms. The first-order valence-corrected chi connectivity index (χ1v) is 4.46. The molecule has 1 rings (SSSR count). The summed E-state index contributed by atoms with van der Waals surface area (Å²) in [6, 6.07) is 0. The van der Waals surface area contributed by atoms with E-state index in [1.165, 1.54) is 6.20 Å². The van der Waals surface area contributed by atoms with E-state index in [2.05, 4.69) is 31.2 Å². The Balaban J connectivity index is 2.67. The van der Waals surface area contributed by atoms with Crippen LogP contribution in [0.2, 0.25) is 5.15 Å². The fourth-order valence-electron chi connectivity index (χ4n) is 0.639. The molecule has 72 valence electrons. The van der Waals surface area contributed by atoms with Gasteiger partial charge < -0.3 is 5.32 Å². The zero-order valence-electron chi connectivity index (χ0n) is 6.27. The summed E-state index contributed by atoms with van der Waals surface area (Å²) in [5.74, 6) is 0.158. The van der Waals surface area contributed by atoms with Crippen LogP contribution in [0.25, 0.3) is 0 Å². The summed E-state index contributed by atoms with van der Waals surface area (Å²) < 4.78 is 24.0. The Kier molecular flexibility index (Phi) is 3.80. The Bertz CT molecular complexity index is 297. The summed E-state index contributed by atoms with van der Waals surface area (Å²) in [6.07, 6.45) is -1.07. The van der Waals surface area contributed by atoms with Gasteiger partial charge in [0.2, 0.25) is 0 Å². The molecule has 1 aromatic rings. The van der Waals surface area contributed by atoms with Crippen LogP contribution in [0, 0.1) is 0 Å². The molecular weight excluding hydrogens is 267 g/mol. The van der Waals surface area contributed by atoms with Crippen LogP contribution < -0.4 is 5.32 Å². The Morgan fingerprint density at radius 3 is 2.85 bits per heavy atom. The summed E-state index contributed by atoms with van der Waals surface area (Å²) >= 11 is 8.64. The zero-order valence-corrected chi connectivity index (χ0v) is 8.61. The molecule has 0 radical (unpaired) electrons. The number of rotatable bonds is 3. The largest absolute Gasteiger partial charge is 0.362 e. The number of anilines is 1. The Hall–Kier alpha value is -0.490. The van der Waals surface area contributed by atoms with Gasteiger partial charge in [0.25, 0.3) is 6.43 Å². The molecule has 0 saturated heterocycles. The molecule has 7 heteroatoms. The summed E-state index contributed by atoms with van der Waals surface area (Å²) in [6.45, 7) is -0.490. The van der Waals surface area contributed by atoms with Gasteiger partial charge in [-0.05, 0) is 15.9 Å². The molecule has 0 atom stereocenters. The maximum atomic E-state index is 11.8. The number of hydrogen-bond acceptors (Lipinski definition) is 3. The standard InChI is InChI=1S/C6H5BrClF2N3/c7-3-1-11-6(5(8)13-3)12-2-4(9)10/h1,4H,2H2,(H,11,12). The first-order valence-electron chi connectivity index (χ1n) is 3.29. The molecular formula is C6H5BrClF2N3. The number of nitrogens with zero attached hydrogens (tertiary/aromatic N) is 2. The first kappa shape index (κ1) is 10.6. The van der Waals surface area contributed by atoms with Gasteiger partial charge in [0.1, 0.15) is 4.60 Å². The molecule has 1 aromatic heterocycles. The van der Waals surface area contributed by atoms with Gasteiger partial charge >= 0.3 is 0 Å². The van der Waals surface area contributed by atoms with E-state index in [1.807, 2.05) is 0 Å². The van der Waals surface area contributed by atoms with Gasteiger partial charge in [0, 0.05) is 0 Å². The SMILES string of the molecule is FC(F)CNc1ncc(Br)nc1Cl. The van der Waals surface area contributed by atoms with Crippen LogP contribution in [0.4, 0.5) is 14.6 Å². The fourth-order valence-corrected chi connectivity index (χ4v) is 1.23. The van der Waals surface area contributed by atoms with Crippen molar-refractivity contribution < 1.29 is 8.78 Å². The molecule has 0 fully saturated rings. The summed E-state index contributed by atoms with van der Waals surface area (Å²) in [7, 11) is 0. The summed E-state index contributed by atoms with van der Waals surface area (Å²) in [5.41, 5.74) is 0. The number of halogens is 4. The lowest BCUT2D eigenvalue weighted by Gasteiger charge is -2.05. The number of nitrogens with one attached hydrogen (secondary N) is 1. The molecule has 1 N–H and O–H groups in total. The Labute approximate surface area is 86.7 Å². The normalized spacial score (nSPS) is 10.5. The van der Waals surface area contributed by atoms with E-state index in [9.17, 15) is 8.78 Å². The average Bonchev–Trinajstić information content (AvgIpc) is 2.02. The molecule has 0 spiro atoms. The van der Waals surface area contributed by atoms with Crippen molar-refractivity contribution in [1.82, 2.24) is 9.97 Å². The zero-order chi connectivity index (χ0) is 9.84. The van der Waals surface area contributed by atoms with Crippen LogP contribution in [0.1, 0.15) is 0 Å². The molecule has 13 heavy (non-hydrogen) atoms. The highest BCUT2D eigenvalue weighted by Crippen LogP contribution is 2.18. The van der Waals surface area contributed by atoms with Crippen LogP contribution in [0.15, 0.2) is 10.8 Å². The van der Waals surface area contributed by atoms with E-state index in [4.69, 9.17) is 11.6 Å². The van der Waals surface area contributed by atoms with Crippen molar-refractivity contribution in [1.29, 1.82) is 0 Å². The fraction of sp³-hybridized carbons (Fsp3) is 0.333. The minimum Gasteiger partial charge on any atom is -0.362 e. The molecule has 0 aliphatic rings.